The predicted molar refractivity (Wildman–Crippen MR) is 83.3 cm³/mol. The minimum atomic E-state index is -0.463. The number of amides is 1. The largest absolute Gasteiger partial charge is 0.321 e. The summed E-state index contributed by atoms with van der Waals surface area (Å²) in [5.41, 5.74) is 0.923. The molecule has 20 heavy (non-hydrogen) atoms. The van der Waals surface area contributed by atoms with Crippen LogP contribution in [0.25, 0.3) is 0 Å². The molecule has 0 bridgehead atoms. The lowest BCUT2D eigenvalue weighted by molar-refractivity contribution is 0.102. The zero-order chi connectivity index (χ0) is 14.7. The molecule has 0 aliphatic rings. The number of nitrogens with one attached hydrogen (secondary N) is 1. The Hall–Kier alpha value is -1.54. The van der Waals surface area contributed by atoms with E-state index in [2.05, 4.69) is 21.2 Å². The van der Waals surface area contributed by atoms with E-state index < -0.39 is 5.91 Å². The molecule has 3 nitrogen and oxygen atoms in total. The van der Waals surface area contributed by atoms with Crippen molar-refractivity contribution in [1.82, 2.24) is 0 Å². The van der Waals surface area contributed by atoms with Crippen LogP contribution in [0.5, 0.6) is 0 Å². The summed E-state index contributed by atoms with van der Waals surface area (Å²) in [7, 11) is 0. The first-order valence-electron chi connectivity index (χ1n) is 5.48. The molecule has 0 aromatic heterocycles. The monoisotopic (exact) mass is 368 g/mol. The average molecular weight is 370 g/mol. The Bertz CT molecular complexity index is 705. The van der Waals surface area contributed by atoms with Crippen molar-refractivity contribution in [3.05, 3.63) is 62.0 Å². The van der Waals surface area contributed by atoms with Crippen LogP contribution in [0.3, 0.4) is 0 Å². The van der Waals surface area contributed by atoms with Gasteiger partial charge in [-0.05, 0) is 30.3 Å². The number of carbonyl (C=O) groups excluding carboxylic acids is 1. The van der Waals surface area contributed by atoms with Crippen molar-refractivity contribution in [3.63, 3.8) is 0 Å². The number of hydrogen-bond donors (Lipinski definition) is 1. The lowest BCUT2D eigenvalue weighted by Crippen LogP contribution is -2.14. The Balaban J connectivity index is 2.38. The van der Waals surface area contributed by atoms with Gasteiger partial charge in [0.1, 0.15) is 6.07 Å². The van der Waals surface area contributed by atoms with E-state index in [9.17, 15) is 4.79 Å². The van der Waals surface area contributed by atoms with Gasteiger partial charge >= 0.3 is 0 Å². The van der Waals surface area contributed by atoms with Crippen LogP contribution in [-0.4, -0.2) is 5.91 Å². The molecule has 1 N–H and O–H groups in total. The van der Waals surface area contributed by atoms with Gasteiger partial charge in [-0.15, -0.1) is 0 Å². The minimum Gasteiger partial charge on any atom is -0.321 e. The predicted octanol–water partition coefficient (Wildman–Crippen LogP) is 4.88. The summed E-state index contributed by atoms with van der Waals surface area (Å²) >= 11 is 15.2. The highest BCUT2D eigenvalue weighted by Crippen LogP contribution is 2.27. The number of rotatable bonds is 2. The number of halogens is 3. The van der Waals surface area contributed by atoms with Gasteiger partial charge in [-0.3, -0.25) is 4.79 Å². The van der Waals surface area contributed by atoms with Crippen LogP contribution in [-0.2, 0) is 0 Å². The van der Waals surface area contributed by atoms with Crippen molar-refractivity contribution in [1.29, 1.82) is 5.26 Å². The van der Waals surface area contributed by atoms with Gasteiger partial charge in [0.05, 0.1) is 26.9 Å². The maximum Gasteiger partial charge on any atom is 0.258 e. The summed E-state index contributed by atoms with van der Waals surface area (Å²) in [5, 5.41) is 12.2. The van der Waals surface area contributed by atoms with Crippen molar-refractivity contribution < 1.29 is 4.79 Å². The summed E-state index contributed by atoms with van der Waals surface area (Å²) in [6.45, 7) is 0. The fraction of sp³-hybridized carbons (Fsp3) is 0. The van der Waals surface area contributed by atoms with Crippen molar-refractivity contribution in [2.45, 2.75) is 0 Å². The second kappa shape index (κ2) is 6.27. The summed E-state index contributed by atoms with van der Waals surface area (Å²) < 4.78 is 0.747. The molecular formula is C14H7BrCl2N2O. The van der Waals surface area contributed by atoms with Crippen LogP contribution >= 0.6 is 39.1 Å². The quantitative estimate of drug-likeness (QED) is 0.820. The molecule has 2 aromatic rings. The van der Waals surface area contributed by atoms with Crippen LogP contribution in [0.4, 0.5) is 5.69 Å². The highest BCUT2D eigenvalue weighted by atomic mass is 79.9. The highest BCUT2D eigenvalue weighted by Gasteiger charge is 2.16. The van der Waals surface area contributed by atoms with Gasteiger partial charge in [0.2, 0.25) is 0 Å². The van der Waals surface area contributed by atoms with E-state index in [0.29, 0.717) is 11.3 Å². The first-order chi connectivity index (χ1) is 9.52. The summed E-state index contributed by atoms with van der Waals surface area (Å²) in [5.74, 6) is -0.463. The van der Waals surface area contributed by atoms with Gasteiger partial charge in [-0.1, -0.05) is 45.2 Å². The van der Waals surface area contributed by atoms with E-state index in [1.807, 2.05) is 6.07 Å². The molecule has 0 heterocycles. The molecule has 0 atom stereocenters. The first-order valence-corrected chi connectivity index (χ1v) is 7.03. The normalized spacial score (nSPS) is 9.90. The van der Waals surface area contributed by atoms with Gasteiger partial charge in [0, 0.05) is 4.47 Å². The molecule has 100 valence electrons. The Morgan fingerprint density at radius 1 is 1.20 bits per heavy atom. The fourth-order valence-electron chi connectivity index (χ4n) is 1.62. The zero-order valence-electron chi connectivity index (χ0n) is 9.95. The van der Waals surface area contributed by atoms with E-state index in [1.165, 1.54) is 0 Å². The molecule has 0 saturated carbocycles. The number of nitrogens with zero attached hydrogens (tertiary/aromatic N) is 1. The van der Waals surface area contributed by atoms with Crippen LogP contribution in [0, 0.1) is 11.3 Å². The van der Waals surface area contributed by atoms with Crippen LogP contribution < -0.4 is 5.32 Å². The number of carbonyl (C=O) groups is 1. The molecule has 0 saturated heterocycles. The molecule has 2 aromatic carbocycles. The number of benzene rings is 2. The molecule has 0 aliphatic heterocycles. The molecular weight excluding hydrogens is 363 g/mol. The van der Waals surface area contributed by atoms with Crippen molar-refractivity contribution in [2.24, 2.45) is 0 Å². The molecule has 6 heteroatoms. The van der Waals surface area contributed by atoms with Crippen LogP contribution in [0.15, 0.2) is 40.9 Å². The molecule has 0 fully saturated rings. The van der Waals surface area contributed by atoms with Crippen molar-refractivity contribution in [2.75, 3.05) is 5.32 Å². The van der Waals surface area contributed by atoms with Gasteiger partial charge < -0.3 is 5.32 Å². The van der Waals surface area contributed by atoms with E-state index in [-0.39, 0.29) is 15.6 Å². The third-order valence-corrected chi connectivity index (χ3v) is 3.66. The number of hydrogen-bond acceptors (Lipinski definition) is 2. The SMILES string of the molecule is N#Cc1ccc(Br)cc1NC(=O)c1c(Cl)cccc1Cl. The van der Waals surface area contributed by atoms with Gasteiger partial charge in [0.25, 0.3) is 5.91 Å². The van der Waals surface area contributed by atoms with Crippen molar-refractivity contribution >= 4 is 50.7 Å². The molecule has 0 aliphatic carbocycles. The summed E-state index contributed by atoms with van der Waals surface area (Å²) in [6.07, 6.45) is 0. The zero-order valence-corrected chi connectivity index (χ0v) is 13.1. The van der Waals surface area contributed by atoms with Crippen LogP contribution in [0.1, 0.15) is 15.9 Å². The van der Waals surface area contributed by atoms with Crippen LogP contribution in [0.2, 0.25) is 10.0 Å². The van der Waals surface area contributed by atoms with Gasteiger partial charge in [-0.25, -0.2) is 0 Å². The van der Waals surface area contributed by atoms with Gasteiger partial charge in [-0.2, -0.15) is 5.26 Å². The van der Waals surface area contributed by atoms with Gasteiger partial charge in [0.15, 0.2) is 0 Å². The fourth-order valence-corrected chi connectivity index (χ4v) is 2.55. The smallest absolute Gasteiger partial charge is 0.258 e. The van der Waals surface area contributed by atoms with E-state index in [0.717, 1.165) is 4.47 Å². The average Bonchev–Trinajstić information content (AvgIpc) is 2.38. The number of nitriles is 1. The van der Waals surface area contributed by atoms with Crippen molar-refractivity contribution in [3.8, 4) is 6.07 Å². The maximum absolute atomic E-state index is 12.2. The van der Waals surface area contributed by atoms with E-state index in [4.69, 9.17) is 28.5 Å². The maximum atomic E-state index is 12.2. The molecule has 0 unspecified atom stereocenters. The highest BCUT2D eigenvalue weighted by molar-refractivity contribution is 9.10. The topological polar surface area (TPSA) is 52.9 Å². The Labute approximate surface area is 134 Å². The lowest BCUT2D eigenvalue weighted by atomic mass is 10.1. The Morgan fingerprint density at radius 3 is 2.45 bits per heavy atom. The Morgan fingerprint density at radius 2 is 1.85 bits per heavy atom. The first kappa shape index (κ1) is 14.9. The second-order valence-electron chi connectivity index (χ2n) is 3.85. The standard InChI is InChI=1S/C14H7BrCl2N2O/c15-9-5-4-8(7-18)12(6-9)19-14(20)13-10(16)2-1-3-11(13)17/h1-6H,(H,19,20). The minimum absolute atomic E-state index is 0.180. The third-order valence-electron chi connectivity index (χ3n) is 2.54. The molecule has 0 spiro atoms. The lowest BCUT2D eigenvalue weighted by Gasteiger charge is -2.10. The summed E-state index contributed by atoms with van der Waals surface area (Å²) in [4.78, 5) is 12.2. The second-order valence-corrected chi connectivity index (χ2v) is 5.58. The molecule has 0 radical (unpaired) electrons. The third kappa shape index (κ3) is 3.13. The van der Waals surface area contributed by atoms with E-state index >= 15 is 0 Å². The molecule has 2 rings (SSSR count). The Kier molecular flexibility index (Phi) is 4.66. The van der Waals surface area contributed by atoms with E-state index in [1.54, 1.807) is 36.4 Å². The number of anilines is 1. The summed E-state index contributed by atoms with van der Waals surface area (Å²) in [6, 6.07) is 11.8. The molecule has 1 amide bonds.